The molecule has 0 aromatic heterocycles. The van der Waals surface area contributed by atoms with E-state index in [0.29, 0.717) is 0 Å². The zero-order chi connectivity index (χ0) is 14.6. The van der Waals surface area contributed by atoms with Crippen LogP contribution >= 0.6 is 0 Å². The molecule has 0 unspecified atom stereocenters. The van der Waals surface area contributed by atoms with Gasteiger partial charge >= 0.3 is 29.6 Å². The van der Waals surface area contributed by atoms with Crippen LogP contribution in [-0.4, -0.2) is 20.1 Å². The van der Waals surface area contributed by atoms with Crippen molar-refractivity contribution >= 4 is 10.1 Å². The van der Waals surface area contributed by atoms with Gasteiger partial charge in [-0.05, 0) is 17.7 Å². The van der Waals surface area contributed by atoms with Crippen molar-refractivity contribution in [1.29, 1.82) is 0 Å². The average Bonchev–Trinajstić information content (AvgIpc) is 2.45. The van der Waals surface area contributed by atoms with Gasteiger partial charge in [0.2, 0.25) is 0 Å². The van der Waals surface area contributed by atoms with Gasteiger partial charge in [-0.15, -0.1) is 0 Å². The summed E-state index contributed by atoms with van der Waals surface area (Å²) in [5.41, 5.74) is 0.873. The minimum atomic E-state index is -4.63. The van der Waals surface area contributed by atoms with Crippen molar-refractivity contribution in [3.8, 4) is 11.5 Å². The summed E-state index contributed by atoms with van der Waals surface area (Å²) in [5.74, 6) is 0.302. The van der Waals surface area contributed by atoms with Gasteiger partial charge in [-0.2, -0.15) is 0 Å². The SMILES string of the molecule is COc1ccc(OCc2ccccc2)c(S(=O)(=O)[O-])c1.[Na+]. The van der Waals surface area contributed by atoms with E-state index >= 15 is 0 Å². The third kappa shape index (κ3) is 5.01. The summed E-state index contributed by atoms with van der Waals surface area (Å²) in [4.78, 5) is -0.423. The second kappa shape index (κ2) is 7.82. The van der Waals surface area contributed by atoms with E-state index < -0.39 is 15.0 Å². The van der Waals surface area contributed by atoms with Gasteiger partial charge in [-0.3, -0.25) is 0 Å². The van der Waals surface area contributed by atoms with Crippen molar-refractivity contribution in [2.75, 3.05) is 7.11 Å². The van der Waals surface area contributed by atoms with E-state index in [4.69, 9.17) is 9.47 Å². The zero-order valence-corrected chi connectivity index (χ0v) is 14.6. The Morgan fingerprint density at radius 3 is 2.33 bits per heavy atom. The number of ether oxygens (including phenoxy) is 2. The standard InChI is InChI=1S/C14H14O5S.Na/c1-18-12-7-8-13(14(9-12)20(15,16)17)19-10-11-5-3-2-4-6-11;/h2-9H,10H2,1H3,(H,15,16,17);/q;+1/p-1. The molecular weight excluding hydrogens is 303 g/mol. The Balaban J connectivity index is 0.00000220. The molecule has 0 saturated carbocycles. The van der Waals surface area contributed by atoms with E-state index in [2.05, 4.69) is 0 Å². The summed E-state index contributed by atoms with van der Waals surface area (Å²) in [6.45, 7) is 0.176. The maximum Gasteiger partial charge on any atom is 1.00 e. The molecule has 0 N–H and O–H groups in total. The Bertz CT molecular complexity index is 686. The Hall–Kier alpha value is -1.05. The minimum absolute atomic E-state index is 0. The van der Waals surface area contributed by atoms with Gasteiger partial charge in [-0.25, -0.2) is 8.42 Å². The van der Waals surface area contributed by atoms with Crippen LogP contribution in [0.2, 0.25) is 0 Å². The molecule has 2 aromatic carbocycles. The summed E-state index contributed by atoms with van der Waals surface area (Å²) in [7, 11) is -3.24. The molecule has 7 heteroatoms. The molecule has 0 bridgehead atoms. The average molecular weight is 316 g/mol. The molecule has 0 aliphatic carbocycles. The van der Waals surface area contributed by atoms with Gasteiger partial charge in [0, 0.05) is 6.07 Å². The molecule has 2 aromatic rings. The molecule has 21 heavy (non-hydrogen) atoms. The monoisotopic (exact) mass is 316 g/mol. The Morgan fingerprint density at radius 1 is 1.10 bits per heavy atom. The number of rotatable bonds is 5. The summed E-state index contributed by atoms with van der Waals surface area (Å²) in [6, 6.07) is 13.3. The number of hydrogen-bond acceptors (Lipinski definition) is 5. The van der Waals surface area contributed by atoms with Crippen LogP contribution < -0.4 is 39.0 Å². The largest absolute Gasteiger partial charge is 1.00 e. The molecule has 2 rings (SSSR count). The van der Waals surface area contributed by atoms with Crippen LogP contribution in [0.4, 0.5) is 0 Å². The second-order valence-electron chi connectivity index (χ2n) is 4.04. The zero-order valence-electron chi connectivity index (χ0n) is 11.8. The first kappa shape index (κ1) is 18.0. The van der Waals surface area contributed by atoms with Crippen molar-refractivity contribution in [1.82, 2.24) is 0 Å². The first-order valence-electron chi connectivity index (χ1n) is 5.81. The van der Waals surface area contributed by atoms with E-state index in [1.54, 1.807) is 0 Å². The van der Waals surface area contributed by atoms with Gasteiger partial charge in [0.05, 0.1) is 12.0 Å². The van der Waals surface area contributed by atoms with E-state index in [0.717, 1.165) is 11.6 Å². The minimum Gasteiger partial charge on any atom is -0.744 e. The molecule has 0 amide bonds. The second-order valence-corrected chi connectivity index (χ2v) is 5.39. The van der Waals surface area contributed by atoms with Gasteiger partial charge in [0.25, 0.3) is 0 Å². The van der Waals surface area contributed by atoms with Crippen molar-refractivity contribution in [3.63, 3.8) is 0 Å². The maximum atomic E-state index is 11.2. The molecule has 0 radical (unpaired) electrons. The molecular formula is C14H13NaO5S. The van der Waals surface area contributed by atoms with E-state index in [-0.39, 0.29) is 47.7 Å². The molecule has 0 atom stereocenters. The molecule has 0 fully saturated rings. The van der Waals surface area contributed by atoms with Gasteiger partial charge in [-0.1, -0.05) is 30.3 Å². The van der Waals surface area contributed by atoms with Crippen LogP contribution in [0.3, 0.4) is 0 Å². The van der Waals surface area contributed by atoms with Crippen LogP contribution in [-0.2, 0) is 16.7 Å². The quantitative estimate of drug-likeness (QED) is 0.532. The van der Waals surface area contributed by atoms with Gasteiger partial charge in [0.1, 0.15) is 28.2 Å². The van der Waals surface area contributed by atoms with Crippen LogP contribution in [0.5, 0.6) is 11.5 Å². The van der Waals surface area contributed by atoms with Gasteiger partial charge < -0.3 is 14.0 Å². The van der Waals surface area contributed by atoms with E-state index in [9.17, 15) is 13.0 Å². The Kier molecular flexibility index (Phi) is 6.70. The van der Waals surface area contributed by atoms with Crippen LogP contribution in [0.15, 0.2) is 53.4 Å². The first-order valence-corrected chi connectivity index (χ1v) is 7.22. The fraction of sp³-hybridized carbons (Fsp3) is 0.143. The molecule has 0 heterocycles. The predicted octanol–water partition coefficient (Wildman–Crippen LogP) is -0.818. The molecule has 5 nitrogen and oxygen atoms in total. The molecule has 0 spiro atoms. The first-order chi connectivity index (χ1) is 9.50. The topological polar surface area (TPSA) is 75.7 Å². The fourth-order valence-electron chi connectivity index (χ4n) is 1.67. The predicted molar refractivity (Wildman–Crippen MR) is 71.7 cm³/mol. The summed E-state index contributed by atoms with van der Waals surface area (Å²) < 4.78 is 44.0. The van der Waals surface area contributed by atoms with Crippen LogP contribution in [0, 0.1) is 0 Å². The Morgan fingerprint density at radius 2 is 1.76 bits per heavy atom. The van der Waals surface area contributed by atoms with E-state index in [1.165, 1.54) is 19.2 Å². The summed E-state index contributed by atoms with van der Waals surface area (Å²) in [6.07, 6.45) is 0. The third-order valence-corrected chi connectivity index (χ3v) is 3.52. The number of hydrogen-bond donors (Lipinski definition) is 0. The van der Waals surface area contributed by atoms with Crippen LogP contribution in [0.25, 0.3) is 0 Å². The normalized spacial score (nSPS) is 10.6. The van der Waals surface area contributed by atoms with Crippen LogP contribution in [0.1, 0.15) is 5.56 Å². The summed E-state index contributed by atoms with van der Waals surface area (Å²) in [5, 5.41) is 0. The smallest absolute Gasteiger partial charge is 0.744 e. The number of benzene rings is 2. The molecule has 106 valence electrons. The number of methoxy groups -OCH3 is 1. The van der Waals surface area contributed by atoms with Crippen molar-refractivity contribution in [2.45, 2.75) is 11.5 Å². The Labute approximate surface area is 145 Å². The summed E-state index contributed by atoms with van der Waals surface area (Å²) >= 11 is 0. The molecule has 0 aliphatic rings. The fourth-order valence-corrected chi connectivity index (χ4v) is 2.30. The van der Waals surface area contributed by atoms with E-state index in [1.807, 2.05) is 30.3 Å². The van der Waals surface area contributed by atoms with Crippen molar-refractivity contribution < 1.29 is 52.0 Å². The third-order valence-electron chi connectivity index (χ3n) is 2.66. The van der Waals surface area contributed by atoms with Gasteiger partial charge in [0.15, 0.2) is 0 Å². The van der Waals surface area contributed by atoms with Crippen molar-refractivity contribution in [2.24, 2.45) is 0 Å². The van der Waals surface area contributed by atoms with Crippen molar-refractivity contribution in [3.05, 3.63) is 54.1 Å². The molecule has 0 saturated heterocycles. The molecule has 0 aliphatic heterocycles. The maximum absolute atomic E-state index is 11.2.